The van der Waals surface area contributed by atoms with Crippen LogP contribution in [0.3, 0.4) is 0 Å². The van der Waals surface area contributed by atoms with E-state index in [0.29, 0.717) is 39.7 Å². The largest absolute Gasteiger partial charge is 0.372 e. The number of nitrogens with two attached hydrogens (primary N) is 1. The van der Waals surface area contributed by atoms with Gasteiger partial charge in [-0.1, -0.05) is 38.1 Å². The number of aromatic amines is 1. The lowest BCUT2D eigenvalue weighted by molar-refractivity contribution is -0.117. The second-order valence-electron chi connectivity index (χ2n) is 18.0. The number of aryl methyl sites for hydroxylation is 1. The highest BCUT2D eigenvalue weighted by Crippen LogP contribution is 2.34. The summed E-state index contributed by atoms with van der Waals surface area (Å²) in [6, 6.07) is 21.2. The first-order valence-electron chi connectivity index (χ1n) is 22.0. The van der Waals surface area contributed by atoms with Gasteiger partial charge in [0.1, 0.15) is 11.5 Å². The van der Waals surface area contributed by atoms with Crippen LogP contribution in [0.25, 0.3) is 33.4 Å². The summed E-state index contributed by atoms with van der Waals surface area (Å²) in [5.41, 5.74) is 12.6. The molecule has 0 spiro atoms. The summed E-state index contributed by atoms with van der Waals surface area (Å²) in [5, 5.41) is 14.9. The maximum absolute atomic E-state index is 16.0. The average Bonchev–Trinajstić information content (AvgIpc) is 3.97. The van der Waals surface area contributed by atoms with Crippen LogP contribution in [-0.2, 0) is 15.0 Å². The van der Waals surface area contributed by atoms with Gasteiger partial charge in [0, 0.05) is 104 Å². The summed E-state index contributed by atoms with van der Waals surface area (Å²) in [6.07, 6.45) is 4.94. The summed E-state index contributed by atoms with van der Waals surface area (Å²) in [4.78, 5) is 53.5. The number of hydrogen-bond donors (Lipinski definition) is 3. The van der Waals surface area contributed by atoms with Gasteiger partial charge >= 0.3 is 0 Å². The molecule has 3 aromatic heterocycles. The Labute approximate surface area is 372 Å². The van der Waals surface area contributed by atoms with Gasteiger partial charge in [0.05, 0.1) is 6.04 Å². The van der Waals surface area contributed by atoms with Crippen molar-refractivity contribution in [3.05, 3.63) is 102 Å². The number of halogens is 1. The third-order valence-electron chi connectivity index (χ3n) is 12.5. The maximum Gasteiger partial charge on any atom is 0.293 e. The number of fused-ring (bicyclic) bond motifs is 1. The number of primary amides is 1. The highest BCUT2D eigenvalue weighted by molar-refractivity contribution is 5.94. The lowest BCUT2D eigenvalue weighted by Crippen LogP contribution is -2.49. The second-order valence-corrected chi connectivity index (χ2v) is 18.0. The fourth-order valence-electron chi connectivity index (χ4n) is 8.69. The van der Waals surface area contributed by atoms with Crippen molar-refractivity contribution in [1.82, 2.24) is 35.5 Å². The van der Waals surface area contributed by atoms with Crippen LogP contribution in [0.1, 0.15) is 80.6 Å². The molecule has 3 aromatic carbocycles. The Bertz CT molecular complexity index is 2610. The molecular weight excluding hydrogens is 814 g/mol. The Balaban J connectivity index is 0.843. The minimum Gasteiger partial charge on any atom is -0.372 e. The van der Waals surface area contributed by atoms with Crippen LogP contribution >= 0.6 is 0 Å². The molecule has 4 N–H and O–H groups in total. The molecule has 5 heterocycles. The Hall–Kier alpha value is -6.68. The van der Waals surface area contributed by atoms with Crippen LogP contribution in [0.2, 0.25) is 0 Å². The fraction of sp³-hybridized carbons (Fsp3) is 0.396. The van der Waals surface area contributed by atoms with E-state index in [1.54, 1.807) is 19.2 Å². The van der Waals surface area contributed by atoms with Crippen LogP contribution in [0.5, 0.6) is 0 Å². The first-order chi connectivity index (χ1) is 30.7. The SMILES string of the molecule is Cc1cc(-c2n[nH]c3ncc(-c4ccc(N5CCN(CC6CCN(c7ccc(N(C=O)CCC(N)=O)cc7)CC6)CC5)cc4)cc23)c(F)cc1[C@@H](C)NC(=O)c1noc(C(C)(C)C)n1. The number of pyridine rings is 1. The summed E-state index contributed by atoms with van der Waals surface area (Å²) in [6.45, 7) is 16.7. The van der Waals surface area contributed by atoms with Crippen molar-refractivity contribution in [2.45, 2.75) is 65.3 Å². The number of aromatic nitrogens is 5. The first-order valence-corrected chi connectivity index (χ1v) is 22.0. The number of nitrogens with one attached hydrogen (secondary N) is 2. The van der Waals surface area contributed by atoms with Crippen molar-refractivity contribution < 1.29 is 23.3 Å². The maximum atomic E-state index is 16.0. The van der Waals surface area contributed by atoms with E-state index in [-0.39, 0.29) is 18.8 Å². The normalized spacial score (nSPS) is 15.7. The number of benzene rings is 3. The molecule has 6 aromatic rings. The number of anilines is 3. The van der Waals surface area contributed by atoms with E-state index >= 15 is 4.39 Å². The van der Waals surface area contributed by atoms with Crippen molar-refractivity contribution in [1.29, 1.82) is 0 Å². The van der Waals surface area contributed by atoms with Gasteiger partial charge in [-0.15, -0.1) is 0 Å². The predicted octanol–water partition coefficient (Wildman–Crippen LogP) is 6.79. The highest BCUT2D eigenvalue weighted by Gasteiger charge is 2.27. The van der Waals surface area contributed by atoms with Crippen LogP contribution in [-0.4, -0.2) is 101 Å². The molecule has 2 aliphatic heterocycles. The molecule has 16 heteroatoms. The summed E-state index contributed by atoms with van der Waals surface area (Å²) >= 11 is 0. The molecule has 64 heavy (non-hydrogen) atoms. The number of piperidine rings is 1. The van der Waals surface area contributed by atoms with Crippen LogP contribution in [0.15, 0.2) is 77.4 Å². The summed E-state index contributed by atoms with van der Waals surface area (Å²) in [7, 11) is 0. The zero-order valence-corrected chi connectivity index (χ0v) is 37.1. The molecule has 8 rings (SSSR count). The number of H-pyrrole nitrogens is 1. The molecule has 15 nitrogen and oxygen atoms in total. The molecule has 2 aliphatic rings. The van der Waals surface area contributed by atoms with Crippen molar-refractivity contribution in [2.75, 3.05) is 67.1 Å². The van der Waals surface area contributed by atoms with Gasteiger partial charge in [0.25, 0.3) is 11.7 Å². The van der Waals surface area contributed by atoms with E-state index in [0.717, 1.165) is 93.1 Å². The number of carbonyl (C=O) groups excluding carboxylic acids is 3. The Morgan fingerprint density at radius 3 is 2.28 bits per heavy atom. The zero-order valence-electron chi connectivity index (χ0n) is 37.1. The van der Waals surface area contributed by atoms with Gasteiger partial charge in [0.2, 0.25) is 18.2 Å². The molecule has 1 atom stereocenters. The number of nitrogens with zero attached hydrogens (tertiary/aromatic N) is 8. The zero-order chi connectivity index (χ0) is 45.1. The van der Waals surface area contributed by atoms with Gasteiger partial charge < -0.3 is 30.3 Å². The Morgan fingerprint density at radius 2 is 1.64 bits per heavy atom. The Morgan fingerprint density at radius 1 is 0.969 bits per heavy atom. The van der Waals surface area contributed by atoms with E-state index in [4.69, 9.17) is 10.3 Å². The quantitative estimate of drug-likeness (QED) is 0.0981. The number of piperazine rings is 1. The van der Waals surface area contributed by atoms with E-state index < -0.39 is 29.1 Å². The predicted molar refractivity (Wildman–Crippen MR) is 246 cm³/mol. The van der Waals surface area contributed by atoms with E-state index in [1.165, 1.54) is 16.7 Å². The van der Waals surface area contributed by atoms with E-state index in [9.17, 15) is 14.4 Å². The van der Waals surface area contributed by atoms with Gasteiger partial charge in [0.15, 0.2) is 5.65 Å². The molecule has 0 saturated carbocycles. The molecule has 0 bridgehead atoms. The van der Waals surface area contributed by atoms with Crippen LogP contribution < -0.4 is 25.8 Å². The van der Waals surface area contributed by atoms with Crippen molar-refractivity contribution in [3.8, 4) is 22.4 Å². The second kappa shape index (κ2) is 18.6. The van der Waals surface area contributed by atoms with Crippen molar-refractivity contribution in [2.24, 2.45) is 11.7 Å². The fourth-order valence-corrected chi connectivity index (χ4v) is 8.69. The molecule has 2 fully saturated rings. The van der Waals surface area contributed by atoms with Gasteiger partial charge in [-0.05, 0) is 104 Å². The number of rotatable bonds is 14. The minimum absolute atomic E-state index is 0.0700. The van der Waals surface area contributed by atoms with Gasteiger partial charge in [-0.25, -0.2) is 9.37 Å². The summed E-state index contributed by atoms with van der Waals surface area (Å²) < 4.78 is 21.2. The molecule has 0 radical (unpaired) electrons. The minimum atomic E-state index is -0.524. The number of amides is 3. The lowest BCUT2D eigenvalue weighted by atomic mass is 9.95. The molecule has 0 aliphatic carbocycles. The molecule has 0 unspecified atom stereocenters. The third kappa shape index (κ3) is 9.76. The number of carbonyl (C=O) groups is 3. The highest BCUT2D eigenvalue weighted by atomic mass is 19.1. The van der Waals surface area contributed by atoms with Gasteiger partial charge in [-0.3, -0.25) is 24.4 Å². The van der Waals surface area contributed by atoms with Crippen molar-refractivity contribution >= 4 is 46.3 Å². The first kappa shape index (κ1) is 43.9. The average molecular weight is 870 g/mol. The molecular formula is C48H56FN11O4. The van der Waals surface area contributed by atoms with Crippen LogP contribution in [0.4, 0.5) is 21.5 Å². The Kier molecular flexibility index (Phi) is 12.8. The molecule has 334 valence electrons. The smallest absolute Gasteiger partial charge is 0.293 e. The summed E-state index contributed by atoms with van der Waals surface area (Å²) in [5.74, 6) is -0.458. The number of hydrogen-bond acceptors (Lipinski definition) is 11. The van der Waals surface area contributed by atoms with E-state index in [1.807, 2.05) is 58.0 Å². The molecule has 2 saturated heterocycles. The van der Waals surface area contributed by atoms with Gasteiger partial charge in [-0.2, -0.15) is 10.1 Å². The third-order valence-corrected chi connectivity index (χ3v) is 12.5. The van der Waals surface area contributed by atoms with E-state index in [2.05, 4.69) is 69.6 Å². The van der Waals surface area contributed by atoms with Crippen LogP contribution in [0, 0.1) is 18.7 Å². The topological polar surface area (TPSA) is 183 Å². The molecule has 3 amide bonds. The monoisotopic (exact) mass is 869 g/mol. The van der Waals surface area contributed by atoms with Crippen molar-refractivity contribution in [3.63, 3.8) is 0 Å². The lowest BCUT2D eigenvalue weighted by Gasteiger charge is -2.40. The standard InChI is InChI=1S/C48H56FN11O4/c1-30-24-39(41(49)26-38(30)31(2)52-46(63)45-53-47(64-56-45)48(3,4)5)43-40-25-34(27-51-44(40)55-54-43)33-6-8-35(9-7-33)59-22-20-57(21-23-59)28-32-14-17-58(18-15-32)36-10-12-37(13-11-36)60(29-61)19-16-42(50)62/h6-13,24-27,29,31-32H,14-23,28H2,1-5H3,(H2,50,62)(H,52,63)(H,51,54,55)/t31-/m1/s1.